The maximum atomic E-state index is 11.0. The minimum absolute atomic E-state index is 0.235. The molecule has 0 radical (unpaired) electrons. The number of rotatable bonds is 6. The summed E-state index contributed by atoms with van der Waals surface area (Å²) in [4.78, 5) is 12.3. The first-order valence-electron chi connectivity index (χ1n) is 6.58. The summed E-state index contributed by atoms with van der Waals surface area (Å²) in [6.45, 7) is 6.52. The van der Waals surface area contributed by atoms with Gasteiger partial charge in [-0.1, -0.05) is 19.9 Å². The molecule has 4 nitrogen and oxygen atoms in total. The number of carbonyl (C=O) groups is 1. The van der Waals surface area contributed by atoms with Crippen LogP contribution in [0, 0.1) is 12.8 Å². The molecule has 2 aromatic rings. The molecule has 2 rings (SSSR count). The Labute approximate surface area is 122 Å². The van der Waals surface area contributed by atoms with Crippen molar-refractivity contribution in [1.82, 2.24) is 5.32 Å². The molecule has 0 amide bonds. The van der Waals surface area contributed by atoms with Gasteiger partial charge in [-0.2, -0.15) is 0 Å². The molecule has 1 unspecified atom stereocenters. The van der Waals surface area contributed by atoms with E-state index >= 15 is 0 Å². The van der Waals surface area contributed by atoms with Gasteiger partial charge in [0, 0.05) is 10.9 Å². The van der Waals surface area contributed by atoms with Crippen molar-refractivity contribution in [2.45, 2.75) is 33.4 Å². The zero-order valence-electron chi connectivity index (χ0n) is 11.8. The van der Waals surface area contributed by atoms with E-state index in [0.29, 0.717) is 24.0 Å². The number of aryl methyl sites for hydroxylation is 1. The van der Waals surface area contributed by atoms with Crippen molar-refractivity contribution in [3.8, 4) is 0 Å². The van der Waals surface area contributed by atoms with E-state index in [0.717, 1.165) is 0 Å². The van der Waals surface area contributed by atoms with E-state index in [1.54, 1.807) is 24.3 Å². The summed E-state index contributed by atoms with van der Waals surface area (Å²) < 4.78 is 5.48. The average Bonchev–Trinajstić information content (AvgIpc) is 2.99. The van der Waals surface area contributed by atoms with Crippen molar-refractivity contribution in [1.29, 1.82) is 0 Å². The molecule has 0 saturated carbocycles. The van der Waals surface area contributed by atoms with Crippen LogP contribution in [0.5, 0.6) is 0 Å². The molecular weight excluding hydrogens is 274 g/mol. The Morgan fingerprint density at radius 3 is 2.75 bits per heavy atom. The molecule has 0 spiro atoms. The predicted octanol–water partition coefficient (Wildman–Crippen LogP) is 3.83. The third kappa shape index (κ3) is 3.29. The summed E-state index contributed by atoms with van der Waals surface area (Å²) >= 11 is 1.72. The highest BCUT2D eigenvalue weighted by atomic mass is 32.1. The molecule has 0 fully saturated rings. The van der Waals surface area contributed by atoms with Gasteiger partial charge in [-0.05, 0) is 30.4 Å². The fourth-order valence-electron chi connectivity index (χ4n) is 2.19. The van der Waals surface area contributed by atoms with Gasteiger partial charge in [0.05, 0.1) is 6.54 Å². The summed E-state index contributed by atoms with van der Waals surface area (Å²) in [5.41, 5.74) is 0.235. The van der Waals surface area contributed by atoms with Gasteiger partial charge in [-0.15, -0.1) is 11.3 Å². The first kappa shape index (κ1) is 14.8. The minimum atomic E-state index is -0.948. The number of hydrogen-bond acceptors (Lipinski definition) is 4. The highest BCUT2D eigenvalue weighted by molar-refractivity contribution is 7.10. The van der Waals surface area contributed by atoms with Crippen LogP contribution in [0.4, 0.5) is 0 Å². The van der Waals surface area contributed by atoms with E-state index in [2.05, 4.69) is 30.6 Å². The summed E-state index contributed by atoms with van der Waals surface area (Å²) in [6, 6.07) is 5.99. The standard InChI is InChI=1S/C15H19NO3S/c1-9(2)14(13-5-4-6-20-13)16-8-11-7-12(15(17)18)10(3)19-11/h4-7,9,14,16H,8H2,1-3H3,(H,17,18). The fourth-order valence-corrected chi connectivity index (χ4v) is 3.16. The van der Waals surface area contributed by atoms with Gasteiger partial charge >= 0.3 is 5.97 Å². The SMILES string of the molecule is Cc1oc(CNC(c2cccs2)C(C)C)cc1C(=O)O. The monoisotopic (exact) mass is 293 g/mol. The normalized spacial score (nSPS) is 12.8. The second-order valence-electron chi connectivity index (χ2n) is 5.11. The molecule has 5 heteroatoms. The first-order valence-corrected chi connectivity index (χ1v) is 7.46. The van der Waals surface area contributed by atoms with Crippen LogP contribution in [0.1, 0.15) is 46.6 Å². The van der Waals surface area contributed by atoms with Crippen molar-refractivity contribution >= 4 is 17.3 Å². The fraction of sp³-hybridized carbons (Fsp3) is 0.400. The van der Waals surface area contributed by atoms with E-state index < -0.39 is 5.97 Å². The molecule has 0 aliphatic carbocycles. The maximum absolute atomic E-state index is 11.0. The van der Waals surface area contributed by atoms with Gasteiger partial charge in [-0.3, -0.25) is 0 Å². The smallest absolute Gasteiger partial charge is 0.339 e. The number of carboxylic acids is 1. The zero-order valence-corrected chi connectivity index (χ0v) is 12.7. The lowest BCUT2D eigenvalue weighted by Gasteiger charge is -2.20. The highest BCUT2D eigenvalue weighted by Crippen LogP contribution is 2.26. The van der Waals surface area contributed by atoms with Crippen molar-refractivity contribution in [2.24, 2.45) is 5.92 Å². The van der Waals surface area contributed by atoms with Gasteiger partial charge in [-0.25, -0.2) is 4.79 Å². The Morgan fingerprint density at radius 1 is 1.50 bits per heavy atom. The molecule has 0 aliphatic heterocycles. The Balaban J connectivity index is 2.07. The second kappa shape index (κ2) is 6.24. The van der Waals surface area contributed by atoms with E-state index in [9.17, 15) is 4.79 Å². The van der Waals surface area contributed by atoms with Crippen molar-refractivity contribution in [2.75, 3.05) is 0 Å². The maximum Gasteiger partial charge on any atom is 0.339 e. The Kier molecular flexibility index (Phi) is 4.62. The number of nitrogens with one attached hydrogen (secondary N) is 1. The number of furan rings is 1. The number of carboxylic acid groups (broad SMARTS) is 1. The van der Waals surface area contributed by atoms with Crippen LogP contribution >= 0.6 is 11.3 Å². The lowest BCUT2D eigenvalue weighted by atomic mass is 10.0. The van der Waals surface area contributed by atoms with Gasteiger partial charge in [0.15, 0.2) is 0 Å². The number of hydrogen-bond donors (Lipinski definition) is 2. The van der Waals surface area contributed by atoms with Crippen molar-refractivity contribution in [3.05, 3.63) is 45.5 Å². The zero-order chi connectivity index (χ0) is 14.7. The Morgan fingerprint density at radius 2 is 2.25 bits per heavy atom. The molecule has 108 valence electrons. The van der Waals surface area contributed by atoms with E-state index in [1.807, 2.05) is 6.07 Å². The van der Waals surface area contributed by atoms with E-state index in [4.69, 9.17) is 9.52 Å². The molecular formula is C15H19NO3S. The third-order valence-electron chi connectivity index (χ3n) is 3.21. The largest absolute Gasteiger partial charge is 0.478 e. The quantitative estimate of drug-likeness (QED) is 0.849. The van der Waals surface area contributed by atoms with Crippen LogP contribution in [0.3, 0.4) is 0 Å². The molecule has 2 aromatic heterocycles. The number of thiophene rings is 1. The molecule has 0 saturated heterocycles. The van der Waals surface area contributed by atoms with Crippen LogP contribution in [0.25, 0.3) is 0 Å². The molecule has 20 heavy (non-hydrogen) atoms. The lowest BCUT2D eigenvalue weighted by Crippen LogP contribution is -2.24. The summed E-state index contributed by atoms with van der Waals surface area (Å²) in [5, 5.41) is 14.5. The lowest BCUT2D eigenvalue weighted by molar-refractivity contribution is 0.0695. The van der Waals surface area contributed by atoms with Crippen LogP contribution in [-0.4, -0.2) is 11.1 Å². The Bertz CT molecular complexity index is 572. The molecule has 0 aliphatic rings. The number of aromatic carboxylic acids is 1. The Hall–Kier alpha value is -1.59. The van der Waals surface area contributed by atoms with Crippen LogP contribution in [0.2, 0.25) is 0 Å². The molecule has 0 aromatic carbocycles. The van der Waals surface area contributed by atoms with Crippen LogP contribution < -0.4 is 5.32 Å². The van der Waals surface area contributed by atoms with Crippen LogP contribution in [-0.2, 0) is 6.54 Å². The summed E-state index contributed by atoms with van der Waals surface area (Å²) in [5.74, 6) is 0.605. The highest BCUT2D eigenvalue weighted by Gasteiger charge is 2.18. The topological polar surface area (TPSA) is 62.5 Å². The predicted molar refractivity (Wildman–Crippen MR) is 79.1 cm³/mol. The van der Waals surface area contributed by atoms with Crippen LogP contribution in [0.15, 0.2) is 28.0 Å². The van der Waals surface area contributed by atoms with E-state index in [1.165, 1.54) is 4.88 Å². The minimum Gasteiger partial charge on any atom is -0.478 e. The van der Waals surface area contributed by atoms with E-state index in [-0.39, 0.29) is 11.6 Å². The van der Waals surface area contributed by atoms with Crippen molar-refractivity contribution in [3.63, 3.8) is 0 Å². The van der Waals surface area contributed by atoms with Crippen molar-refractivity contribution < 1.29 is 14.3 Å². The third-order valence-corrected chi connectivity index (χ3v) is 4.17. The van der Waals surface area contributed by atoms with Gasteiger partial charge in [0.25, 0.3) is 0 Å². The molecule has 1 atom stereocenters. The second-order valence-corrected chi connectivity index (χ2v) is 6.09. The first-order chi connectivity index (χ1) is 9.49. The molecule has 0 bridgehead atoms. The molecule has 2 N–H and O–H groups in total. The summed E-state index contributed by atoms with van der Waals surface area (Å²) in [7, 11) is 0. The molecule has 2 heterocycles. The van der Waals surface area contributed by atoms with Gasteiger partial charge in [0.1, 0.15) is 17.1 Å². The van der Waals surface area contributed by atoms with Gasteiger partial charge < -0.3 is 14.8 Å². The average molecular weight is 293 g/mol. The van der Waals surface area contributed by atoms with Gasteiger partial charge in [0.2, 0.25) is 0 Å². The summed E-state index contributed by atoms with van der Waals surface area (Å²) in [6.07, 6.45) is 0.